The van der Waals surface area contributed by atoms with Gasteiger partial charge in [0.25, 0.3) is 0 Å². The molecule has 0 aliphatic carbocycles. The second-order valence-electron chi connectivity index (χ2n) is 6.88. The third-order valence-corrected chi connectivity index (χ3v) is 4.96. The Morgan fingerprint density at radius 2 is 2.15 bits per heavy atom. The number of nitrogens with zero attached hydrogens (tertiary/aromatic N) is 1. The first-order valence-electron chi connectivity index (χ1n) is 9.06. The molecule has 1 aliphatic heterocycles. The van der Waals surface area contributed by atoms with Gasteiger partial charge in [-0.2, -0.15) is 0 Å². The van der Waals surface area contributed by atoms with Crippen molar-refractivity contribution in [2.24, 2.45) is 0 Å². The van der Waals surface area contributed by atoms with E-state index in [1.54, 1.807) is 6.92 Å². The van der Waals surface area contributed by atoms with E-state index in [2.05, 4.69) is 46.4 Å². The fourth-order valence-corrected chi connectivity index (χ4v) is 3.49. The van der Waals surface area contributed by atoms with Gasteiger partial charge in [-0.1, -0.05) is 35.9 Å². The number of aliphatic hydroxyl groups is 1. The number of aldehydes is 1. The summed E-state index contributed by atoms with van der Waals surface area (Å²) in [6.45, 7) is 4.76. The maximum absolute atomic E-state index is 10.8. The highest BCUT2D eigenvalue weighted by molar-refractivity contribution is 5.85. The molecule has 1 aromatic heterocycles. The fraction of sp³-hybridized carbons (Fsp3) is 0.318. The van der Waals surface area contributed by atoms with Crippen LogP contribution < -0.4 is 0 Å². The number of carbonyl (C=O) groups is 1. The summed E-state index contributed by atoms with van der Waals surface area (Å²) < 4.78 is 0. The number of aromatic amines is 1. The summed E-state index contributed by atoms with van der Waals surface area (Å²) in [6.07, 6.45) is 10.6. The van der Waals surface area contributed by atoms with Gasteiger partial charge in [0.1, 0.15) is 6.29 Å². The molecule has 0 fully saturated rings. The van der Waals surface area contributed by atoms with E-state index in [1.165, 1.54) is 22.2 Å². The summed E-state index contributed by atoms with van der Waals surface area (Å²) in [5.41, 5.74) is 5.50. The lowest BCUT2D eigenvalue weighted by Crippen LogP contribution is -2.31. The second-order valence-corrected chi connectivity index (χ2v) is 6.88. The zero-order valence-corrected chi connectivity index (χ0v) is 15.4. The molecule has 3 rings (SSSR count). The molecule has 0 radical (unpaired) electrons. The van der Waals surface area contributed by atoms with Crippen molar-refractivity contribution in [2.45, 2.75) is 32.7 Å². The topological polar surface area (TPSA) is 56.3 Å². The molecule has 4 heteroatoms. The highest BCUT2D eigenvalue weighted by Crippen LogP contribution is 2.36. The summed E-state index contributed by atoms with van der Waals surface area (Å²) in [6, 6.07) is 8.63. The molecule has 1 unspecified atom stereocenters. The lowest BCUT2D eigenvalue weighted by atomic mass is 9.95. The Morgan fingerprint density at radius 1 is 1.35 bits per heavy atom. The molecule has 0 spiro atoms. The average molecular weight is 350 g/mol. The van der Waals surface area contributed by atoms with E-state index in [0.717, 1.165) is 31.2 Å². The normalized spacial score (nSPS) is 18.6. The van der Waals surface area contributed by atoms with Crippen molar-refractivity contribution in [1.82, 2.24) is 9.88 Å². The number of H-pyrrole nitrogens is 1. The fourth-order valence-electron chi connectivity index (χ4n) is 3.49. The van der Waals surface area contributed by atoms with Crippen LogP contribution in [0.25, 0.3) is 10.9 Å². The maximum Gasteiger partial charge on any atom is 0.145 e. The van der Waals surface area contributed by atoms with E-state index < -0.39 is 0 Å². The van der Waals surface area contributed by atoms with Crippen molar-refractivity contribution in [3.8, 4) is 0 Å². The van der Waals surface area contributed by atoms with Crippen LogP contribution in [-0.4, -0.2) is 34.4 Å². The van der Waals surface area contributed by atoms with Crippen LogP contribution >= 0.6 is 0 Å². The molecular weight excluding hydrogens is 324 g/mol. The SMILES string of the molecule is C/C(C=O)=C\C=C\N1CCc2c([nH]c3ccccc23)C1C/C=C(\C)CO. The van der Waals surface area contributed by atoms with Crippen LogP contribution in [0.1, 0.15) is 37.6 Å². The number of hydrogen-bond acceptors (Lipinski definition) is 3. The van der Waals surface area contributed by atoms with E-state index in [1.807, 2.05) is 19.1 Å². The summed E-state index contributed by atoms with van der Waals surface area (Å²) in [5, 5.41) is 10.6. The Kier molecular flexibility index (Phi) is 5.74. The highest BCUT2D eigenvalue weighted by atomic mass is 16.3. The molecular formula is C22H26N2O2. The van der Waals surface area contributed by atoms with Crippen LogP contribution in [0.2, 0.25) is 0 Å². The van der Waals surface area contributed by atoms with Gasteiger partial charge in [-0.05, 0) is 56.2 Å². The van der Waals surface area contributed by atoms with E-state index >= 15 is 0 Å². The van der Waals surface area contributed by atoms with Crippen LogP contribution in [0, 0.1) is 0 Å². The first-order valence-corrected chi connectivity index (χ1v) is 9.06. The first kappa shape index (κ1) is 18.2. The Balaban J connectivity index is 1.96. The molecule has 0 bridgehead atoms. The number of carbonyl (C=O) groups excluding carboxylic acids is 1. The molecule has 1 aliphatic rings. The first-order chi connectivity index (χ1) is 12.6. The third-order valence-electron chi connectivity index (χ3n) is 4.96. The lowest BCUT2D eigenvalue weighted by molar-refractivity contribution is -0.104. The van der Waals surface area contributed by atoms with E-state index in [0.29, 0.717) is 5.57 Å². The monoisotopic (exact) mass is 350 g/mol. The minimum absolute atomic E-state index is 0.0867. The summed E-state index contributed by atoms with van der Waals surface area (Å²) in [5.74, 6) is 0. The quantitative estimate of drug-likeness (QED) is 0.358. The van der Waals surface area contributed by atoms with Crippen molar-refractivity contribution >= 4 is 17.2 Å². The molecule has 0 amide bonds. The van der Waals surface area contributed by atoms with Crippen LogP contribution in [0.5, 0.6) is 0 Å². The number of rotatable bonds is 6. The predicted octanol–water partition coefficient (Wildman–Crippen LogP) is 4.05. The Bertz CT molecular complexity index is 873. The maximum atomic E-state index is 10.8. The molecule has 1 aromatic carbocycles. The van der Waals surface area contributed by atoms with E-state index in [4.69, 9.17) is 0 Å². The molecule has 4 nitrogen and oxygen atoms in total. The lowest BCUT2D eigenvalue weighted by Gasteiger charge is -2.34. The molecule has 0 saturated heterocycles. The Labute approximate surface area is 154 Å². The summed E-state index contributed by atoms with van der Waals surface area (Å²) >= 11 is 0. The number of aliphatic hydroxyl groups excluding tert-OH is 1. The summed E-state index contributed by atoms with van der Waals surface area (Å²) in [7, 11) is 0. The predicted molar refractivity (Wildman–Crippen MR) is 106 cm³/mol. The van der Waals surface area contributed by atoms with Crippen LogP contribution in [0.15, 0.2) is 59.8 Å². The van der Waals surface area contributed by atoms with Gasteiger partial charge in [-0.3, -0.25) is 4.79 Å². The van der Waals surface area contributed by atoms with Gasteiger partial charge in [0.2, 0.25) is 0 Å². The molecule has 2 aromatic rings. The molecule has 2 heterocycles. The minimum Gasteiger partial charge on any atom is -0.392 e. The molecule has 2 N–H and O–H groups in total. The van der Waals surface area contributed by atoms with Gasteiger partial charge >= 0.3 is 0 Å². The highest BCUT2D eigenvalue weighted by Gasteiger charge is 2.27. The van der Waals surface area contributed by atoms with Crippen LogP contribution in [0.3, 0.4) is 0 Å². The summed E-state index contributed by atoms with van der Waals surface area (Å²) in [4.78, 5) is 16.7. The number of nitrogens with one attached hydrogen (secondary N) is 1. The Hall–Kier alpha value is -2.59. The average Bonchev–Trinajstić information content (AvgIpc) is 3.05. The zero-order chi connectivity index (χ0) is 18.5. The Morgan fingerprint density at radius 3 is 2.92 bits per heavy atom. The largest absolute Gasteiger partial charge is 0.392 e. The molecule has 1 atom stereocenters. The molecule has 136 valence electrons. The number of hydrogen-bond donors (Lipinski definition) is 2. The van der Waals surface area contributed by atoms with Gasteiger partial charge in [0.15, 0.2) is 0 Å². The number of aromatic nitrogens is 1. The van der Waals surface area contributed by atoms with Gasteiger partial charge in [-0.25, -0.2) is 0 Å². The van der Waals surface area contributed by atoms with Gasteiger partial charge in [0, 0.05) is 23.1 Å². The second kappa shape index (κ2) is 8.19. The number of allylic oxidation sites excluding steroid dienone is 3. The van der Waals surface area contributed by atoms with Gasteiger partial charge in [0.05, 0.1) is 12.6 Å². The standard InChI is InChI=1S/C22H26N2O2/c1-16(14-25)6-5-12-24-13-11-19-18-7-3-4-8-20(18)23-22(19)21(24)10-9-17(2)15-26/h3-9,12,14,21,23,26H,10-11,13,15H2,1-2H3/b12-5+,16-6+,17-9+. The van der Waals surface area contributed by atoms with Crippen molar-refractivity contribution < 1.29 is 9.90 Å². The van der Waals surface area contributed by atoms with Crippen molar-refractivity contribution in [3.05, 3.63) is 71.1 Å². The van der Waals surface area contributed by atoms with Crippen LogP contribution in [-0.2, 0) is 11.2 Å². The zero-order valence-electron chi connectivity index (χ0n) is 15.4. The van der Waals surface area contributed by atoms with Crippen molar-refractivity contribution in [3.63, 3.8) is 0 Å². The minimum atomic E-state index is 0.0867. The van der Waals surface area contributed by atoms with E-state index in [9.17, 15) is 9.90 Å². The number of para-hydroxylation sites is 1. The number of benzene rings is 1. The smallest absolute Gasteiger partial charge is 0.145 e. The van der Waals surface area contributed by atoms with Crippen molar-refractivity contribution in [1.29, 1.82) is 0 Å². The number of fused-ring (bicyclic) bond motifs is 3. The van der Waals surface area contributed by atoms with Gasteiger partial charge in [-0.15, -0.1) is 0 Å². The van der Waals surface area contributed by atoms with Crippen molar-refractivity contribution in [2.75, 3.05) is 13.2 Å². The third kappa shape index (κ3) is 3.81. The molecule has 0 saturated carbocycles. The van der Waals surface area contributed by atoms with Crippen LogP contribution in [0.4, 0.5) is 0 Å². The van der Waals surface area contributed by atoms with E-state index in [-0.39, 0.29) is 12.6 Å². The molecule has 26 heavy (non-hydrogen) atoms. The van der Waals surface area contributed by atoms with Gasteiger partial charge < -0.3 is 15.0 Å².